The van der Waals surface area contributed by atoms with Crippen LogP contribution in [0.3, 0.4) is 0 Å². The van der Waals surface area contributed by atoms with Crippen LogP contribution in [-0.2, 0) is 12.7 Å². The summed E-state index contributed by atoms with van der Waals surface area (Å²) in [6, 6.07) is 16.4. The van der Waals surface area contributed by atoms with Gasteiger partial charge in [0.25, 0.3) is 0 Å². The molecule has 0 atom stereocenters. The molecule has 2 aromatic carbocycles. The maximum atomic E-state index is 13.2. The summed E-state index contributed by atoms with van der Waals surface area (Å²) >= 11 is 1.26. The van der Waals surface area contributed by atoms with Gasteiger partial charge >= 0.3 is 6.18 Å². The molecular weight excluding hydrogens is 473 g/mol. The Morgan fingerprint density at radius 3 is 2.49 bits per heavy atom. The molecular formula is C26H23F3N4OS. The Labute approximate surface area is 205 Å². The molecule has 0 aliphatic rings. The van der Waals surface area contributed by atoms with Gasteiger partial charge in [-0.25, -0.2) is 0 Å². The zero-order valence-electron chi connectivity index (χ0n) is 19.2. The fraction of sp³-hybridized carbons (Fsp3) is 0.192. The van der Waals surface area contributed by atoms with Gasteiger partial charge in [-0.2, -0.15) is 13.2 Å². The van der Waals surface area contributed by atoms with E-state index in [2.05, 4.69) is 16.8 Å². The molecule has 0 fully saturated rings. The van der Waals surface area contributed by atoms with E-state index < -0.39 is 11.7 Å². The van der Waals surface area contributed by atoms with Crippen molar-refractivity contribution in [2.24, 2.45) is 0 Å². The fourth-order valence-electron chi connectivity index (χ4n) is 3.96. The van der Waals surface area contributed by atoms with E-state index in [4.69, 9.17) is 0 Å². The average molecular weight is 497 g/mol. The van der Waals surface area contributed by atoms with Gasteiger partial charge in [0.2, 0.25) is 0 Å². The lowest BCUT2D eigenvalue weighted by Gasteiger charge is -2.13. The van der Waals surface area contributed by atoms with Gasteiger partial charge in [0.1, 0.15) is 0 Å². The molecule has 0 bridgehead atoms. The summed E-state index contributed by atoms with van der Waals surface area (Å²) in [5, 5.41) is 9.15. The van der Waals surface area contributed by atoms with Crippen LogP contribution in [0.1, 0.15) is 27.3 Å². The van der Waals surface area contributed by atoms with Crippen LogP contribution in [0.4, 0.5) is 13.2 Å². The molecule has 0 saturated heterocycles. The molecule has 4 rings (SSSR count). The van der Waals surface area contributed by atoms with E-state index >= 15 is 0 Å². The normalized spacial score (nSPS) is 11.6. The molecule has 0 aliphatic heterocycles. The Hall–Kier alpha value is -3.59. The number of benzene rings is 2. The second kappa shape index (κ2) is 9.95. The van der Waals surface area contributed by atoms with Crippen LogP contribution in [0.25, 0.3) is 17.1 Å². The molecule has 0 aliphatic carbocycles. The summed E-state index contributed by atoms with van der Waals surface area (Å²) in [6.45, 7) is 7.79. The number of nitrogens with zero attached hydrogens (tertiary/aromatic N) is 4. The topological polar surface area (TPSA) is 52.7 Å². The third-order valence-corrected chi connectivity index (χ3v) is 6.52. The second-order valence-electron chi connectivity index (χ2n) is 7.95. The van der Waals surface area contributed by atoms with Crippen molar-refractivity contribution in [1.29, 1.82) is 0 Å². The Bertz CT molecular complexity index is 1370. The molecule has 9 heteroatoms. The van der Waals surface area contributed by atoms with E-state index in [-0.39, 0.29) is 11.5 Å². The molecule has 4 aromatic rings. The van der Waals surface area contributed by atoms with Crippen molar-refractivity contribution in [2.75, 3.05) is 5.75 Å². The maximum Gasteiger partial charge on any atom is 0.416 e. The summed E-state index contributed by atoms with van der Waals surface area (Å²) in [6.07, 6.45) is -2.70. The monoisotopic (exact) mass is 496 g/mol. The van der Waals surface area contributed by atoms with Gasteiger partial charge in [0.05, 0.1) is 11.3 Å². The number of hydrogen-bond acceptors (Lipinski definition) is 4. The summed E-state index contributed by atoms with van der Waals surface area (Å²) in [5.74, 6) is 0.649. The largest absolute Gasteiger partial charge is 0.416 e. The van der Waals surface area contributed by atoms with Gasteiger partial charge in [-0.15, -0.1) is 16.8 Å². The fourth-order valence-corrected chi connectivity index (χ4v) is 4.79. The number of hydrogen-bond donors (Lipinski definition) is 0. The molecule has 180 valence electrons. The number of aromatic nitrogens is 4. The van der Waals surface area contributed by atoms with E-state index in [1.54, 1.807) is 36.6 Å². The summed E-state index contributed by atoms with van der Waals surface area (Å²) in [5.41, 5.74) is 2.26. The van der Waals surface area contributed by atoms with Crippen molar-refractivity contribution in [3.8, 4) is 17.1 Å². The van der Waals surface area contributed by atoms with Gasteiger partial charge in [-0.1, -0.05) is 54.2 Å². The summed E-state index contributed by atoms with van der Waals surface area (Å²) < 4.78 is 43.1. The number of alkyl halides is 3. The molecule has 0 N–H and O–H groups in total. The number of carbonyl (C=O) groups is 1. The number of carbonyl (C=O) groups excluding carboxylic acids is 1. The SMILES string of the molecule is C=CCn1c(SCC(=O)c2cc(C)n(-c3cccc(C(F)(F)F)c3)c2C)nnc1-c1ccccc1. The van der Waals surface area contributed by atoms with Crippen LogP contribution >= 0.6 is 11.8 Å². The van der Waals surface area contributed by atoms with E-state index in [9.17, 15) is 18.0 Å². The standard InChI is InChI=1S/C26H23F3N4OS/c1-4-13-32-24(19-9-6-5-7-10-19)30-31-25(32)35-16-23(34)22-14-17(2)33(18(22)3)21-12-8-11-20(15-21)26(27,28)29/h4-12,14-15H,1,13,16H2,2-3H3. The first-order valence-corrected chi connectivity index (χ1v) is 11.8. The van der Waals surface area contributed by atoms with Crippen LogP contribution in [-0.4, -0.2) is 30.9 Å². The third-order valence-electron chi connectivity index (χ3n) is 5.56. The van der Waals surface area contributed by atoms with E-state index in [1.165, 1.54) is 17.8 Å². The minimum Gasteiger partial charge on any atom is -0.318 e. The molecule has 35 heavy (non-hydrogen) atoms. The quantitative estimate of drug-likeness (QED) is 0.158. The molecule has 5 nitrogen and oxygen atoms in total. The number of rotatable bonds is 8. The second-order valence-corrected chi connectivity index (χ2v) is 8.89. The number of allylic oxidation sites excluding steroid dienone is 1. The molecule has 0 unspecified atom stereocenters. The third kappa shape index (κ3) is 5.09. The molecule has 2 heterocycles. The summed E-state index contributed by atoms with van der Waals surface area (Å²) in [4.78, 5) is 13.1. The lowest BCUT2D eigenvalue weighted by atomic mass is 10.1. The molecule has 0 saturated carbocycles. The van der Waals surface area contributed by atoms with Crippen LogP contribution in [0.2, 0.25) is 0 Å². The molecule has 2 aromatic heterocycles. The van der Waals surface area contributed by atoms with E-state index in [1.807, 2.05) is 34.9 Å². The Morgan fingerprint density at radius 2 is 1.80 bits per heavy atom. The van der Waals surface area contributed by atoms with Gasteiger partial charge in [-0.3, -0.25) is 9.36 Å². The van der Waals surface area contributed by atoms with Crippen molar-refractivity contribution in [2.45, 2.75) is 31.7 Å². The zero-order chi connectivity index (χ0) is 25.2. The highest BCUT2D eigenvalue weighted by Gasteiger charge is 2.31. The highest BCUT2D eigenvalue weighted by atomic mass is 32.2. The Balaban J connectivity index is 1.58. The highest BCUT2D eigenvalue weighted by molar-refractivity contribution is 7.99. The lowest BCUT2D eigenvalue weighted by Crippen LogP contribution is -2.09. The van der Waals surface area contributed by atoms with E-state index in [0.717, 1.165) is 17.7 Å². The summed E-state index contributed by atoms with van der Waals surface area (Å²) in [7, 11) is 0. The predicted molar refractivity (Wildman–Crippen MR) is 131 cm³/mol. The molecule has 0 amide bonds. The van der Waals surface area contributed by atoms with E-state index in [0.29, 0.717) is 40.2 Å². The van der Waals surface area contributed by atoms with Gasteiger partial charge in [-0.05, 0) is 38.1 Å². The smallest absolute Gasteiger partial charge is 0.318 e. The number of halogens is 3. The highest BCUT2D eigenvalue weighted by Crippen LogP contribution is 2.32. The van der Waals surface area contributed by atoms with Crippen molar-refractivity contribution >= 4 is 17.5 Å². The minimum atomic E-state index is -4.44. The van der Waals surface area contributed by atoms with Gasteiger partial charge in [0, 0.05) is 34.7 Å². The van der Waals surface area contributed by atoms with Crippen molar-refractivity contribution < 1.29 is 18.0 Å². The van der Waals surface area contributed by atoms with Crippen LogP contribution in [0, 0.1) is 13.8 Å². The van der Waals surface area contributed by atoms with Crippen LogP contribution in [0.5, 0.6) is 0 Å². The number of ketones is 1. The van der Waals surface area contributed by atoms with Gasteiger partial charge < -0.3 is 4.57 Å². The molecule has 0 radical (unpaired) electrons. The van der Waals surface area contributed by atoms with Crippen molar-refractivity contribution in [1.82, 2.24) is 19.3 Å². The lowest BCUT2D eigenvalue weighted by molar-refractivity contribution is -0.137. The minimum absolute atomic E-state index is 0.108. The van der Waals surface area contributed by atoms with Crippen LogP contribution in [0.15, 0.2) is 78.5 Å². The first-order chi connectivity index (χ1) is 16.7. The first kappa shape index (κ1) is 24.5. The molecule has 0 spiro atoms. The Morgan fingerprint density at radius 1 is 1.06 bits per heavy atom. The first-order valence-electron chi connectivity index (χ1n) is 10.8. The maximum absolute atomic E-state index is 13.2. The van der Waals surface area contributed by atoms with Crippen molar-refractivity contribution in [3.05, 3.63) is 95.8 Å². The number of thioether (sulfide) groups is 1. The predicted octanol–water partition coefficient (Wildman–Crippen LogP) is 6.53. The number of Topliss-reactive ketones (excluding diaryl/α,β-unsaturated/α-hetero) is 1. The average Bonchev–Trinajstić information content (AvgIpc) is 3.37. The van der Waals surface area contributed by atoms with Crippen LogP contribution < -0.4 is 0 Å². The van der Waals surface area contributed by atoms with Gasteiger partial charge in [0.15, 0.2) is 16.8 Å². The van der Waals surface area contributed by atoms with Crippen molar-refractivity contribution in [3.63, 3.8) is 0 Å². The zero-order valence-corrected chi connectivity index (χ0v) is 20.0. The number of aryl methyl sites for hydroxylation is 1. The Kier molecular flexibility index (Phi) is 6.98.